The first-order chi connectivity index (χ1) is 13.9. The number of benzene rings is 2. The van der Waals surface area contributed by atoms with Crippen molar-refractivity contribution in [2.45, 2.75) is 44.4 Å². The second-order valence-corrected chi connectivity index (χ2v) is 9.50. The van der Waals surface area contributed by atoms with Crippen LogP contribution >= 0.6 is 0 Å². The zero-order valence-corrected chi connectivity index (χ0v) is 17.9. The van der Waals surface area contributed by atoms with Gasteiger partial charge in [0.1, 0.15) is 0 Å². The van der Waals surface area contributed by atoms with Gasteiger partial charge in [-0.25, -0.2) is 8.42 Å². The van der Waals surface area contributed by atoms with Crippen LogP contribution in [-0.4, -0.2) is 38.3 Å². The van der Waals surface area contributed by atoms with Crippen molar-refractivity contribution in [3.05, 3.63) is 53.6 Å². The molecule has 0 atom stereocenters. The number of nitrogens with zero attached hydrogens (tertiary/aromatic N) is 1. The summed E-state index contributed by atoms with van der Waals surface area (Å²) in [4.78, 5) is 12.5. The number of carbonyl (C=O) groups excluding carboxylic acids is 1. The van der Waals surface area contributed by atoms with Gasteiger partial charge in [-0.3, -0.25) is 4.79 Å². The number of hydrogen-bond donors (Lipinski definition) is 2. The largest absolute Gasteiger partial charge is 0.376 e. The standard InChI is InChI=1S/C22H29N3O3S/c1-17-7-12-21(18(2)15-17)24-22(26)16-23-19-8-10-20(11-9-19)29(27,28)25-13-5-3-4-6-14-25/h7-12,15,23H,3-6,13-14,16H2,1-2H3,(H,24,26). The zero-order chi connectivity index (χ0) is 20.9. The molecule has 0 unspecified atom stereocenters. The van der Waals surface area contributed by atoms with Crippen LogP contribution in [0.15, 0.2) is 47.4 Å². The Bertz CT molecular complexity index is 948. The number of sulfonamides is 1. The number of nitrogens with one attached hydrogen (secondary N) is 2. The summed E-state index contributed by atoms with van der Waals surface area (Å²) >= 11 is 0. The molecule has 0 radical (unpaired) electrons. The lowest BCUT2D eigenvalue weighted by molar-refractivity contribution is -0.114. The molecule has 0 aliphatic carbocycles. The summed E-state index contributed by atoms with van der Waals surface area (Å²) < 4.78 is 27.2. The molecule has 6 nitrogen and oxygen atoms in total. The molecule has 0 aromatic heterocycles. The number of aryl methyl sites for hydroxylation is 2. The first-order valence-corrected chi connectivity index (χ1v) is 11.5. The van der Waals surface area contributed by atoms with E-state index in [0.717, 1.165) is 42.5 Å². The molecule has 0 spiro atoms. The Morgan fingerprint density at radius 2 is 1.62 bits per heavy atom. The van der Waals surface area contributed by atoms with Crippen LogP contribution < -0.4 is 10.6 Å². The third kappa shape index (κ3) is 5.58. The van der Waals surface area contributed by atoms with Crippen LogP contribution in [0.5, 0.6) is 0 Å². The van der Waals surface area contributed by atoms with E-state index in [0.29, 0.717) is 23.7 Å². The van der Waals surface area contributed by atoms with Crippen molar-refractivity contribution in [3.63, 3.8) is 0 Å². The highest BCUT2D eigenvalue weighted by Gasteiger charge is 2.24. The monoisotopic (exact) mass is 415 g/mol. The van der Waals surface area contributed by atoms with E-state index in [9.17, 15) is 13.2 Å². The molecule has 0 bridgehead atoms. The minimum atomic E-state index is -3.46. The second kappa shape index (κ2) is 9.41. The molecule has 2 N–H and O–H groups in total. The Morgan fingerprint density at radius 3 is 2.24 bits per heavy atom. The van der Waals surface area contributed by atoms with Crippen LogP contribution in [0.25, 0.3) is 0 Å². The Hall–Kier alpha value is -2.38. The summed E-state index contributed by atoms with van der Waals surface area (Å²) in [5.74, 6) is -0.154. The highest BCUT2D eigenvalue weighted by Crippen LogP contribution is 2.22. The second-order valence-electron chi connectivity index (χ2n) is 7.56. The Balaban J connectivity index is 1.58. The third-order valence-electron chi connectivity index (χ3n) is 5.17. The molecule has 1 heterocycles. The van der Waals surface area contributed by atoms with Gasteiger partial charge in [-0.2, -0.15) is 4.31 Å². The zero-order valence-electron chi connectivity index (χ0n) is 17.1. The normalized spacial score (nSPS) is 15.5. The van der Waals surface area contributed by atoms with Crippen molar-refractivity contribution in [3.8, 4) is 0 Å². The fourth-order valence-corrected chi connectivity index (χ4v) is 5.02. The van der Waals surface area contributed by atoms with Crippen LogP contribution in [0.1, 0.15) is 36.8 Å². The first-order valence-electron chi connectivity index (χ1n) is 10.1. The smallest absolute Gasteiger partial charge is 0.243 e. The molecule has 0 saturated carbocycles. The van der Waals surface area contributed by atoms with Crippen molar-refractivity contribution in [1.29, 1.82) is 0 Å². The maximum Gasteiger partial charge on any atom is 0.243 e. The Labute approximate surface area is 173 Å². The van der Waals surface area contributed by atoms with E-state index in [1.54, 1.807) is 28.6 Å². The van der Waals surface area contributed by atoms with Crippen molar-refractivity contribution >= 4 is 27.3 Å². The molecule has 7 heteroatoms. The van der Waals surface area contributed by atoms with E-state index in [1.165, 1.54) is 0 Å². The summed E-state index contributed by atoms with van der Waals surface area (Å²) in [6, 6.07) is 12.5. The van der Waals surface area contributed by atoms with Gasteiger partial charge in [0.15, 0.2) is 0 Å². The summed E-state index contributed by atoms with van der Waals surface area (Å²) in [6.45, 7) is 5.24. The molecular weight excluding hydrogens is 386 g/mol. The molecule has 2 aromatic carbocycles. The predicted molar refractivity (Wildman–Crippen MR) is 117 cm³/mol. The Morgan fingerprint density at radius 1 is 0.966 bits per heavy atom. The first kappa shape index (κ1) is 21.3. The number of anilines is 2. The van der Waals surface area contributed by atoms with Crippen LogP contribution in [0.4, 0.5) is 11.4 Å². The molecule has 156 valence electrons. The molecule has 29 heavy (non-hydrogen) atoms. The fourth-order valence-electron chi connectivity index (χ4n) is 3.51. The van der Waals surface area contributed by atoms with Crippen LogP contribution in [0.2, 0.25) is 0 Å². The van der Waals surface area contributed by atoms with Crippen LogP contribution in [-0.2, 0) is 14.8 Å². The molecule has 1 fully saturated rings. The van der Waals surface area contributed by atoms with Crippen molar-refractivity contribution in [2.75, 3.05) is 30.3 Å². The highest BCUT2D eigenvalue weighted by atomic mass is 32.2. The van der Waals surface area contributed by atoms with Gasteiger partial charge in [0, 0.05) is 24.5 Å². The SMILES string of the molecule is Cc1ccc(NC(=O)CNc2ccc(S(=O)(=O)N3CCCCCC3)cc2)c(C)c1. The molecule has 1 aliphatic heterocycles. The summed E-state index contributed by atoms with van der Waals surface area (Å²) in [5, 5.41) is 5.93. The summed E-state index contributed by atoms with van der Waals surface area (Å²) in [7, 11) is -3.46. The van der Waals surface area contributed by atoms with Gasteiger partial charge >= 0.3 is 0 Å². The van der Waals surface area contributed by atoms with Crippen LogP contribution in [0, 0.1) is 13.8 Å². The minimum absolute atomic E-state index is 0.103. The van der Waals surface area contributed by atoms with E-state index < -0.39 is 10.0 Å². The van der Waals surface area contributed by atoms with E-state index in [4.69, 9.17) is 0 Å². The predicted octanol–water partition coefficient (Wildman–Crippen LogP) is 3.92. The molecule has 1 saturated heterocycles. The quantitative estimate of drug-likeness (QED) is 0.750. The summed E-state index contributed by atoms with van der Waals surface area (Å²) in [6.07, 6.45) is 3.99. The average Bonchev–Trinajstić information content (AvgIpc) is 2.99. The van der Waals surface area contributed by atoms with Crippen molar-refractivity contribution in [1.82, 2.24) is 4.31 Å². The van der Waals surface area contributed by atoms with Gasteiger partial charge in [-0.1, -0.05) is 30.5 Å². The lowest BCUT2D eigenvalue weighted by Gasteiger charge is -2.20. The van der Waals surface area contributed by atoms with Gasteiger partial charge in [0.2, 0.25) is 15.9 Å². The van der Waals surface area contributed by atoms with Gasteiger partial charge in [0.25, 0.3) is 0 Å². The third-order valence-corrected chi connectivity index (χ3v) is 7.08. The number of carbonyl (C=O) groups is 1. The van der Waals surface area contributed by atoms with Gasteiger partial charge in [-0.05, 0) is 62.6 Å². The minimum Gasteiger partial charge on any atom is -0.376 e. The van der Waals surface area contributed by atoms with E-state index >= 15 is 0 Å². The van der Waals surface area contributed by atoms with Crippen molar-refractivity contribution < 1.29 is 13.2 Å². The number of amides is 1. The lowest BCUT2D eigenvalue weighted by atomic mass is 10.1. The number of hydrogen-bond acceptors (Lipinski definition) is 4. The van der Waals surface area contributed by atoms with E-state index in [2.05, 4.69) is 10.6 Å². The van der Waals surface area contributed by atoms with Crippen molar-refractivity contribution in [2.24, 2.45) is 0 Å². The average molecular weight is 416 g/mol. The van der Waals surface area contributed by atoms with Gasteiger partial charge in [0.05, 0.1) is 11.4 Å². The van der Waals surface area contributed by atoms with E-state index in [1.807, 2.05) is 32.0 Å². The van der Waals surface area contributed by atoms with Gasteiger partial charge < -0.3 is 10.6 Å². The molecule has 1 aliphatic rings. The molecule has 1 amide bonds. The number of rotatable bonds is 6. The van der Waals surface area contributed by atoms with Crippen LogP contribution in [0.3, 0.4) is 0 Å². The maximum atomic E-state index is 12.8. The lowest BCUT2D eigenvalue weighted by Crippen LogP contribution is -2.31. The van der Waals surface area contributed by atoms with E-state index in [-0.39, 0.29) is 12.5 Å². The maximum absolute atomic E-state index is 12.8. The van der Waals surface area contributed by atoms with Gasteiger partial charge in [-0.15, -0.1) is 0 Å². The molecular formula is C22H29N3O3S. The molecule has 3 rings (SSSR count). The highest BCUT2D eigenvalue weighted by molar-refractivity contribution is 7.89. The fraction of sp³-hybridized carbons (Fsp3) is 0.409. The Kier molecular flexibility index (Phi) is 6.92. The molecule has 2 aromatic rings. The summed E-state index contributed by atoms with van der Waals surface area (Å²) in [5.41, 5.74) is 3.66. The topological polar surface area (TPSA) is 78.5 Å².